The Bertz CT molecular complexity index is 340. The molecule has 0 aromatic carbocycles. The van der Waals surface area contributed by atoms with Gasteiger partial charge in [-0.2, -0.15) is 0 Å². The first kappa shape index (κ1) is 11.4. The molecule has 0 amide bonds. The van der Waals surface area contributed by atoms with E-state index in [1.54, 1.807) is 6.20 Å². The van der Waals surface area contributed by atoms with Crippen molar-refractivity contribution in [2.45, 2.75) is 32.8 Å². The third-order valence-corrected chi connectivity index (χ3v) is 3.30. The number of aromatic nitrogens is 1. The fourth-order valence-corrected chi connectivity index (χ4v) is 2.42. The van der Waals surface area contributed by atoms with Crippen LogP contribution in [0.25, 0.3) is 0 Å². The molecule has 2 rings (SSSR count). The highest BCUT2D eigenvalue weighted by Crippen LogP contribution is 2.25. The molecule has 1 aromatic heterocycles. The van der Waals surface area contributed by atoms with Crippen molar-refractivity contribution in [1.29, 1.82) is 0 Å². The Morgan fingerprint density at radius 1 is 1.56 bits per heavy atom. The van der Waals surface area contributed by atoms with Crippen molar-refractivity contribution in [2.75, 3.05) is 18.0 Å². The lowest BCUT2D eigenvalue weighted by Gasteiger charge is -2.17. The summed E-state index contributed by atoms with van der Waals surface area (Å²) in [6, 6.07) is 3.86. The van der Waals surface area contributed by atoms with E-state index in [0.29, 0.717) is 0 Å². The lowest BCUT2D eigenvalue weighted by atomic mass is 10.0. The van der Waals surface area contributed by atoms with Crippen LogP contribution in [0.5, 0.6) is 0 Å². The number of rotatable bonds is 4. The van der Waals surface area contributed by atoms with Crippen LogP contribution in [0.1, 0.15) is 31.7 Å². The molecule has 1 aliphatic rings. The summed E-state index contributed by atoms with van der Waals surface area (Å²) in [5, 5.41) is 9.09. The summed E-state index contributed by atoms with van der Waals surface area (Å²) in [4.78, 5) is 6.71. The molecule has 1 aliphatic heterocycles. The smallest absolute Gasteiger partial charge is 0.128 e. The van der Waals surface area contributed by atoms with Crippen LogP contribution in [0.3, 0.4) is 0 Å². The van der Waals surface area contributed by atoms with Crippen molar-refractivity contribution in [3.05, 3.63) is 23.9 Å². The Kier molecular flexibility index (Phi) is 3.78. The molecule has 0 spiro atoms. The zero-order valence-corrected chi connectivity index (χ0v) is 9.89. The fourth-order valence-electron chi connectivity index (χ4n) is 2.42. The number of nitrogens with zero attached hydrogens (tertiary/aromatic N) is 2. The third kappa shape index (κ3) is 2.53. The number of hydrogen-bond acceptors (Lipinski definition) is 3. The van der Waals surface area contributed by atoms with E-state index >= 15 is 0 Å². The van der Waals surface area contributed by atoms with Crippen LogP contribution in [0.15, 0.2) is 18.3 Å². The average molecular weight is 220 g/mol. The second kappa shape index (κ2) is 5.30. The molecule has 1 N–H and O–H groups in total. The first-order valence-corrected chi connectivity index (χ1v) is 6.14. The number of aliphatic hydroxyl groups excluding tert-OH is 1. The zero-order valence-electron chi connectivity index (χ0n) is 9.89. The molecule has 1 aromatic rings. The van der Waals surface area contributed by atoms with Gasteiger partial charge < -0.3 is 10.0 Å². The number of anilines is 1. The Morgan fingerprint density at radius 3 is 3.19 bits per heavy atom. The van der Waals surface area contributed by atoms with Crippen LogP contribution >= 0.6 is 0 Å². The van der Waals surface area contributed by atoms with Crippen LogP contribution < -0.4 is 4.90 Å². The lowest BCUT2D eigenvalue weighted by Crippen LogP contribution is -2.20. The summed E-state index contributed by atoms with van der Waals surface area (Å²) in [6.07, 6.45) is 5.64. The van der Waals surface area contributed by atoms with Gasteiger partial charge in [0.2, 0.25) is 0 Å². The molecule has 1 saturated heterocycles. The average Bonchev–Trinajstić information content (AvgIpc) is 2.78. The van der Waals surface area contributed by atoms with Gasteiger partial charge in [0.1, 0.15) is 5.82 Å². The lowest BCUT2D eigenvalue weighted by molar-refractivity contribution is 0.281. The molecule has 3 nitrogen and oxygen atoms in total. The molecule has 0 aliphatic carbocycles. The minimum Gasteiger partial charge on any atom is -0.392 e. The Labute approximate surface area is 97.1 Å². The largest absolute Gasteiger partial charge is 0.392 e. The van der Waals surface area contributed by atoms with Gasteiger partial charge in [0.15, 0.2) is 0 Å². The van der Waals surface area contributed by atoms with Gasteiger partial charge in [0.05, 0.1) is 6.61 Å². The minimum absolute atomic E-state index is 0.0990. The van der Waals surface area contributed by atoms with E-state index in [2.05, 4.69) is 16.8 Å². The van der Waals surface area contributed by atoms with Gasteiger partial charge in [0.25, 0.3) is 0 Å². The monoisotopic (exact) mass is 220 g/mol. The van der Waals surface area contributed by atoms with Crippen molar-refractivity contribution in [2.24, 2.45) is 5.92 Å². The van der Waals surface area contributed by atoms with Crippen LogP contribution in [0.4, 0.5) is 5.82 Å². The maximum absolute atomic E-state index is 9.09. The summed E-state index contributed by atoms with van der Waals surface area (Å²) in [7, 11) is 0. The fraction of sp³-hybridized carbons (Fsp3) is 0.615. The molecule has 1 fully saturated rings. The van der Waals surface area contributed by atoms with E-state index < -0.39 is 0 Å². The van der Waals surface area contributed by atoms with Gasteiger partial charge in [-0.15, -0.1) is 0 Å². The van der Waals surface area contributed by atoms with Crippen molar-refractivity contribution in [1.82, 2.24) is 4.98 Å². The summed E-state index contributed by atoms with van der Waals surface area (Å²) in [6.45, 7) is 4.57. The van der Waals surface area contributed by atoms with E-state index in [4.69, 9.17) is 5.11 Å². The quantitative estimate of drug-likeness (QED) is 0.845. The topological polar surface area (TPSA) is 36.4 Å². The highest BCUT2D eigenvalue weighted by Gasteiger charge is 2.22. The van der Waals surface area contributed by atoms with Gasteiger partial charge in [0, 0.05) is 19.3 Å². The van der Waals surface area contributed by atoms with Crippen molar-refractivity contribution >= 4 is 5.82 Å². The van der Waals surface area contributed by atoms with Crippen molar-refractivity contribution in [3.63, 3.8) is 0 Å². The molecule has 88 valence electrons. The predicted molar refractivity (Wildman–Crippen MR) is 65.4 cm³/mol. The maximum Gasteiger partial charge on any atom is 0.128 e. The van der Waals surface area contributed by atoms with E-state index in [0.717, 1.165) is 30.4 Å². The molecule has 0 radical (unpaired) electrons. The molecule has 1 atom stereocenters. The Hall–Kier alpha value is -1.09. The number of hydrogen-bond donors (Lipinski definition) is 1. The molecule has 16 heavy (non-hydrogen) atoms. The van der Waals surface area contributed by atoms with Gasteiger partial charge in [-0.3, -0.25) is 0 Å². The van der Waals surface area contributed by atoms with E-state index in [1.807, 2.05) is 12.1 Å². The first-order valence-electron chi connectivity index (χ1n) is 6.14. The van der Waals surface area contributed by atoms with E-state index in [1.165, 1.54) is 19.3 Å². The van der Waals surface area contributed by atoms with Crippen LogP contribution in [0, 0.1) is 5.92 Å². The van der Waals surface area contributed by atoms with E-state index in [9.17, 15) is 0 Å². The van der Waals surface area contributed by atoms with Crippen LogP contribution in [-0.2, 0) is 6.61 Å². The molecular formula is C13H20N2O. The SMILES string of the molecule is CCCC1CCN(c2cc(CO)ccn2)C1. The number of aliphatic hydroxyl groups is 1. The molecule has 0 bridgehead atoms. The molecule has 3 heteroatoms. The predicted octanol–water partition coefficient (Wildman–Crippen LogP) is 2.20. The molecule has 0 saturated carbocycles. The standard InChI is InChI=1S/C13H20N2O/c1-2-3-11-5-7-15(9-11)13-8-12(10-16)4-6-14-13/h4,6,8,11,16H,2-3,5,7,9-10H2,1H3. The number of pyridine rings is 1. The van der Waals surface area contributed by atoms with Crippen LogP contribution in [-0.4, -0.2) is 23.2 Å². The van der Waals surface area contributed by atoms with Gasteiger partial charge in [-0.05, 0) is 36.5 Å². The van der Waals surface area contributed by atoms with Crippen molar-refractivity contribution in [3.8, 4) is 0 Å². The normalized spacial score (nSPS) is 20.4. The third-order valence-electron chi connectivity index (χ3n) is 3.30. The summed E-state index contributed by atoms with van der Waals surface area (Å²) in [5.41, 5.74) is 0.948. The summed E-state index contributed by atoms with van der Waals surface area (Å²) in [5.74, 6) is 1.84. The zero-order chi connectivity index (χ0) is 11.4. The molecule has 2 heterocycles. The van der Waals surface area contributed by atoms with E-state index in [-0.39, 0.29) is 6.61 Å². The Morgan fingerprint density at radius 2 is 2.44 bits per heavy atom. The second-order valence-corrected chi connectivity index (χ2v) is 4.57. The first-order chi connectivity index (χ1) is 7.83. The maximum atomic E-state index is 9.09. The summed E-state index contributed by atoms with van der Waals surface area (Å²) >= 11 is 0. The van der Waals surface area contributed by atoms with Gasteiger partial charge in [-0.25, -0.2) is 4.98 Å². The minimum atomic E-state index is 0.0990. The second-order valence-electron chi connectivity index (χ2n) is 4.57. The highest BCUT2D eigenvalue weighted by molar-refractivity contribution is 5.41. The van der Waals surface area contributed by atoms with Crippen LogP contribution in [0.2, 0.25) is 0 Å². The molecule has 1 unspecified atom stereocenters. The molecular weight excluding hydrogens is 200 g/mol. The summed E-state index contributed by atoms with van der Waals surface area (Å²) < 4.78 is 0. The van der Waals surface area contributed by atoms with Gasteiger partial charge in [-0.1, -0.05) is 13.3 Å². The van der Waals surface area contributed by atoms with Crippen molar-refractivity contribution < 1.29 is 5.11 Å². The van der Waals surface area contributed by atoms with Gasteiger partial charge >= 0.3 is 0 Å². The Balaban J connectivity index is 2.02. The highest BCUT2D eigenvalue weighted by atomic mass is 16.3.